The fraction of sp³-hybridized carbons (Fsp3) is 0.500. The molecule has 18 heavy (non-hydrogen) atoms. The van der Waals surface area contributed by atoms with Crippen molar-refractivity contribution in [3.8, 4) is 5.75 Å². The van der Waals surface area contributed by atoms with E-state index in [9.17, 15) is 4.79 Å². The number of halogens is 1. The highest BCUT2D eigenvalue weighted by atomic mass is 79.9. The van der Waals surface area contributed by atoms with Crippen LogP contribution in [0.4, 0.5) is 0 Å². The summed E-state index contributed by atoms with van der Waals surface area (Å²) in [6.07, 6.45) is 1.99. The van der Waals surface area contributed by atoms with Gasteiger partial charge in [0.2, 0.25) is 0 Å². The van der Waals surface area contributed by atoms with Gasteiger partial charge in [-0.2, -0.15) is 0 Å². The van der Waals surface area contributed by atoms with E-state index in [0.29, 0.717) is 17.0 Å². The Balaban J connectivity index is 2.05. The first-order valence-corrected chi connectivity index (χ1v) is 7.28. The van der Waals surface area contributed by atoms with E-state index < -0.39 is 0 Å². The molecule has 0 radical (unpaired) electrons. The highest BCUT2D eigenvalue weighted by molar-refractivity contribution is 9.09. The summed E-state index contributed by atoms with van der Waals surface area (Å²) in [4.78, 5) is 14.6. The highest BCUT2D eigenvalue weighted by Crippen LogP contribution is 2.21. The third-order valence-electron chi connectivity index (χ3n) is 2.97. The molecule has 1 aliphatic heterocycles. The molecular weight excluding hydrogens is 294 g/mol. The van der Waals surface area contributed by atoms with Gasteiger partial charge in [0.15, 0.2) is 0 Å². The van der Waals surface area contributed by atoms with Gasteiger partial charge in [-0.15, -0.1) is 0 Å². The normalized spacial score (nSPS) is 19.0. The van der Waals surface area contributed by atoms with Crippen LogP contribution in [-0.4, -0.2) is 35.3 Å². The molecule has 1 aromatic carbocycles. The summed E-state index contributed by atoms with van der Waals surface area (Å²) in [6, 6.07) is 7.45. The minimum Gasteiger partial charge on any atom is -0.494 e. The van der Waals surface area contributed by atoms with Crippen molar-refractivity contribution in [1.29, 1.82) is 0 Å². The molecule has 98 valence electrons. The van der Waals surface area contributed by atoms with Crippen LogP contribution in [-0.2, 0) is 0 Å². The quantitative estimate of drug-likeness (QED) is 0.800. The monoisotopic (exact) mass is 311 g/mol. The molecule has 0 N–H and O–H groups in total. The smallest absolute Gasteiger partial charge is 0.254 e. The van der Waals surface area contributed by atoms with Gasteiger partial charge in [0.25, 0.3) is 5.91 Å². The second-order valence-corrected chi connectivity index (χ2v) is 5.81. The zero-order valence-electron chi connectivity index (χ0n) is 10.6. The van der Waals surface area contributed by atoms with Crippen molar-refractivity contribution in [2.75, 3.05) is 19.7 Å². The van der Waals surface area contributed by atoms with Gasteiger partial charge >= 0.3 is 0 Å². The minimum absolute atomic E-state index is 0.0962. The third kappa shape index (κ3) is 3.25. The number of ether oxygens (including phenoxy) is 1. The van der Waals surface area contributed by atoms with E-state index in [1.54, 1.807) is 0 Å². The molecule has 0 aromatic heterocycles. The molecule has 3 nitrogen and oxygen atoms in total. The Kier molecular flexibility index (Phi) is 4.64. The van der Waals surface area contributed by atoms with Gasteiger partial charge in [-0.25, -0.2) is 0 Å². The molecule has 4 heteroatoms. The standard InChI is InChI=1S/C14H18BrNO2/c1-2-8-18-13-5-3-4-11(9-13)14(17)16-7-6-12(15)10-16/h3-5,9,12H,2,6-8,10H2,1H3. The van der Waals surface area contributed by atoms with Gasteiger partial charge in [0.1, 0.15) is 5.75 Å². The lowest BCUT2D eigenvalue weighted by Gasteiger charge is -2.16. The van der Waals surface area contributed by atoms with E-state index in [1.165, 1.54) is 0 Å². The van der Waals surface area contributed by atoms with E-state index in [2.05, 4.69) is 22.9 Å². The van der Waals surface area contributed by atoms with E-state index in [-0.39, 0.29) is 5.91 Å². The summed E-state index contributed by atoms with van der Waals surface area (Å²) >= 11 is 3.55. The van der Waals surface area contributed by atoms with E-state index in [1.807, 2.05) is 29.2 Å². The van der Waals surface area contributed by atoms with Crippen molar-refractivity contribution in [2.24, 2.45) is 0 Å². The van der Waals surface area contributed by atoms with Gasteiger partial charge in [-0.1, -0.05) is 28.9 Å². The summed E-state index contributed by atoms with van der Waals surface area (Å²) < 4.78 is 5.55. The van der Waals surface area contributed by atoms with Crippen molar-refractivity contribution in [3.63, 3.8) is 0 Å². The number of likely N-dealkylation sites (tertiary alicyclic amines) is 1. The summed E-state index contributed by atoms with van der Waals surface area (Å²) in [5.74, 6) is 0.871. The van der Waals surface area contributed by atoms with Gasteiger partial charge in [0.05, 0.1) is 6.61 Å². The molecule has 1 aromatic rings. The summed E-state index contributed by atoms with van der Waals surface area (Å²) in [6.45, 7) is 4.37. The average Bonchev–Trinajstić information content (AvgIpc) is 2.82. The number of nitrogens with zero attached hydrogens (tertiary/aromatic N) is 1. The second-order valence-electron chi connectivity index (χ2n) is 4.51. The zero-order chi connectivity index (χ0) is 13.0. The SMILES string of the molecule is CCCOc1cccc(C(=O)N2CCC(Br)C2)c1. The number of hydrogen-bond donors (Lipinski definition) is 0. The maximum absolute atomic E-state index is 12.3. The molecule has 0 spiro atoms. The lowest BCUT2D eigenvalue weighted by atomic mass is 10.2. The lowest BCUT2D eigenvalue weighted by molar-refractivity contribution is 0.0793. The number of carbonyl (C=O) groups is 1. The molecule has 1 aliphatic rings. The molecule has 0 bridgehead atoms. The average molecular weight is 312 g/mol. The van der Waals surface area contributed by atoms with E-state index in [0.717, 1.165) is 31.7 Å². The van der Waals surface area contributed by atoms with Gasteiger partial charge < -0.3 is 9.64 Å². The summed E-state index contributed by atoms with van der Waals surface area (Å²) in [5, 5.41) is 0. The van der Waals surface area contributed by atoms with Crippen LogP contribution in [0.5, 0.6) is 5.75 Å². The Labute approximate surface area is 116 Å². The van der Waals surface area contributed by atoms with Crippen LogP contribution < -0.4 is 4.74 Å². The van der Waals surface area contributed by atoms with Crippen LogP contribution in [0.15, 0.2) is 24.3 Å². The largest absolute Gasteiger partial charge is 0.494 e. The van der Waals surface area contributed by atoms with Crippen LogP contribution in [0, 0.1) is 0 Å². The molecule has 1 saturated heterocycles. The Hall–Kier alpha value is -1.03. The lowest BCUT2D eigenvalue weighted by Crippen LogP contribution is -2.28. The van der Waals surface area contributed by atoms with Crippen molar-refractivity contribution < 1.29 is 9.53 Å². The third-order valence-corrected chi connectivity index (χ3v) is 3.72. The maximum Gasteiger partial charge on any atom is 0.254 e. The Morgan fingerprint density at radius 1 is 1.56 bits per heavy atom. The fourth-order valence-electron chi connectivity index (χ4n) is 2.02. The van der Waals surface area contributed by atoms with Crippen molar-refractivity contribution in [1.82, 2.24) is 4.90 Å². The second kappa shape index (κ2) is 6.23. The zero-order valence-corrected chi connectivity index (χ0v) is 12.1. The molecular formula is C14H18BrNO2. The Morgan fingerprint density at radius 3 is 3.06 bits per heavy atom. The molecule has 1 atom stereocenters. The molecule has 1 unspecified atom stereocenters. The maximum atomic E-state index is 12.3. The molecule has 1 amide bonds. The molecule has 0 aliphatic carbocycles. The van der Waals surface area contributed by atoms with E-state index >= 15 is 0 Å². The highest BCUT2D eigenvalue weighted by Gasteiger charge is 2.25. The summed E-state index contributed by atoms with van der Waals surface area (Å²) in [7, 11) is 0. The van der Waals surface area contributed by atoms with Crippen LogP contribution in [0.3, 0.4) is 0 Å². The Morgan fingerprint density at radius 2 is 2.39 bits per heavy atom. The predicted octanol–water partition coefficient (Wildman–Crippen LogP) is 3.08. The van der Waals surface area contributed by atoms with Gasteiger partial charge in [-0.05, 0) is 31.0 Å². The van der Waals surface area contributed by atoms with Crippen LogP contribution in [0.2, 0.25) is 0 Å². The van der Waals surface area contributed by atoms with Crippen molar-refractivity contribution in [3.05, 3.63) is 29.8 Å². The van der Waals surface area contributed by atoms with Gasteiger partial charge in [0, 0.05) is 23.5 Å². The first-order chi connectivity index (χ1) is 8.70. The van der Waals surface area contributed by atoms with E-state index in [4.69, 9.17) is 4.74 Å². The van der Waals surface area contributed by atoms with Crippen molar-refractivity contribution in [2.45, 2.75) is 24.6 Å². The van der Waals surface area contributed by atoms with Gasteiger partial charge in [-0.3, -0.25) is 4.79 Å². The Bertz CT molecular complexity index is 422. The number of carbonyl (C=O) groups excluding carboxylic acids is 1. The topological polar surface area (TPSA) is 29.5 Å². The molecule has 1 fully saturated rings. The first kappa shape index (κ1) is 13.4. The number of alkyl halides is 1. The van der Waals surface area contributed by atoms with Crippen LogP contribution in [0.25, 0.3) is 0 Å². The first-order valence-electron chi connectivity index (χ1n) is 6.37. The minimum atomic E-state index is 0.0962. The number of rotatable bonds is 4. The van der Waals surface area contributed by atoms with Crippen molar-refractivity contribution >= 4 is 21.8 Å². The number of amides is 1. The molecule has 2 rings (SSSR count). The summed E-state index contributed by atoms with van der Waals surface area (Å²) in [5.41, 5.74) is 0.713. The number of hydrogen-bond acceptors (Lipinski definition) is 2. The molecule has 0 saturated carbocycles. The van der Waals surface area contributed by atoms with Crippen LogP contribution >= 0.6 is 15.9 Å². The molecule has 1 heterocycles. The number of benzene rings is 1. The fourth-order valence-corrected chi connectivity index (χ4v) is 2.58. The van der Waals surface area contributed by atoms with Crippen LogP contribution in [0.1, 0.15) is 30.1 Å². The predicted molar refractivity (Wildman–Crippen MR) is 75.5 cm³/mol.